The molecule has 0 aliphatic carbocycles. The topological polar surface area (TPSA) is 47.6 Å². The second kappa shape index (κ2) is 5.93. The molecule has 2 aliphatic rings. The maximum Gasteiger partial charge on any atom is 0.322 e. The predicted molar refractivity (Wildman–Crippen MR) is 85.9 cm³/mol. The van der Waals surface area contributed by atoms with Gasteiger partial charge in [-0.1, -0.05) is 26.0 Å². The molecule has 0 aromatic heterocycles. The fraction of sp³-hybridized carbons (Fsp3) is 0.562. The SMILES string of the molecule is CC(C)CN1CC(NC(=O)N2CCNc3ccccc32)C1. The molecule has 114 valence electrons. The first-order valence-corrected chi connectivity index (χ1v) is 7.77. The Morgan fingerprint density at radius 1 is 1.38 bits per heavy atom. The molecule has 1 fully saturated rings. The summed E-state index contributed by atoms with van der Waals surface area (Å²) in [5, 5.41) is 6.48. The number of urea groups is 1. The van der Waals surface area contributed by atoms with E-state index < -0.39 is 0 Å². The van der Waals surface area contributed by atoms with E-state index in [1.807, 2.05) is 29.2 Å². The number of anilines is 2. The normalized spacial score (nSPS) is 18.9. The van der Waals surface area contributed by atoms with Crippen molar-refractivity contribution in [2.24, 2.45) is 5.92 Å². The van der Waals surface area contributed by atoms with Crippen LogP contribution >= 0.6 is 0 Å². The second-order valence-electron chi connectivity index (χ2n) is 6.35. The quantitative estimate of drug-likeness (QED) is 0.894. The summed E-state index contributed by atoms with van der Waals surface area (Å²) in [6.07, 6.45) is 0. The standard InChI is InChI=1S/C16H24N4O/c1-12(2)9-19-10-13(11-19)18-16(21)20-8-7-17-14-5-3-4-6-15(14)20/h3-6,12-13,17H,7-11H2,1-2H3,(H,18,21). The third-order valence-corrected chi connectivity index (χ3v) is 4.00. The molecule has 2 amide bonds. The van der Waals surface area contributed by atoms with Crippen molar-refractivity contribution < 1.29 is 4.79 Å². The van der Waals surface area contributed by atoms with Crippen LogP contribution in [0.15, 0.2) is 24.3 Å². The maximum atomic E-state index is 12.5. The van der Waals surface area contributed by atoms with Crippen molar-refractivity contribution in [2.45, 2.75) is 19.9 Å². The van der Waals surface area contributed by atoms with E-state index in [0.717, 1.165) is 37.6 Å². The molecule has 5 nitrogen and oxygen atoms in total. The largest absolute Gasteiger partial charge is 0.382 e. The van der Waals surface area contributed by atoms with E-state index in [2.05, 4.69) is 29.4 Å². The van der Waals surface area contributed by atoms with Crippen molar-refractivity contribution in [1.82, 2.24) is 10.2 Å². The predicted octanol–water partition coefficient (Wildman–Crippen LogP) is 1.97. The van der Waals surface area contributed by atoms with Crippen LogP contribution in [0.3, 0.4) is 0 Å². The van der Waals surface area contributed by atoms with E-state index in [-0.39, 0.29) is 6.03 Å². The van der Waals surface area contributed by atoms with E-state index >= 15 is 0 Å². The van der Waals surface area contributed by atoms with Crippen molar-refractivity contribution >= 4 is 17.4 Å². The number of nitrogens with zero attached hydrogens (tertiary/aromatic N) is 2. The molecule has 2 aliphatic heterocycles. The van der Waals surface area contributed by atoms with E-state index in [9.17, 15) is 4.79 Å². The Hall–Kier alpha value is -1.75. The van der Waals surface area contributed by atoms with Gasteiger partial charge >= 0.3 is 6.03 Å². The number of benzene rings is 1. The lowest BCUT2D eigenvalue weighted by Gasteiger charge is -2.41. The summed E-state index contributed by atoms with van der Waals surface area (Å²) in [7, 11) is 0. The molecule has 0 atom stereocenters. The number of rotatable bonds is 3. The van der Waals surface area contributed by atoms with Crippen LogP contribution in [0.25, 0.3) is 0 Å². The van der Waals surface area contributed by atoms with Gasteiger partial charge in [0.2, 0.25) is 0 Å². The third kappa shape index (κ3) is 3.13. The Labute approximate surface area is 126 Å². The van der Waals surface area contributed by atoms with Crippen molar-refractivity contribution in [3.8, 4) is 0 Å². The van der Waals surface area contributed by atoms with Crippen LogP contribution in [0.4, 0.5) is 16.2 Å². The number of hydrogen-bond donors (Lipinski definition) is 2. The summed E-state index contributed by atoms with van der Waals surface area (Å²) in [5.41, 5.74) is 2.01. The molecular weight excluding hydrogens is 264 g/mol. The molecule has 1 aromatic rings. The Bertz CT molecular complexity index is 511. The van der Waals surface area contributed by atoms with Gasteiger partial charge in [0.25, 0.3) is 0 Å². The lowest BCUT2D eigenvalue weighted by atomic mass is 10.1. The zero-order chi connectivity index (χ0) is 14.8. The molecule has 2 N–H and O–H groups in total. The van der Waals surface area contributed by atoms with Gasteiger partial charge in [-0.15, -0.1) is 0 Å². The van der Waals surface area contributed by atoms with Gasteiger partial charge in [-0.25, -0.2) is 4.79 Å². The molecule has 0 radical (unpaired) electrons. The minimum atomic E-state index is 0.0261. The number of likely N-dealkylation sites (tertiary alicyclic amines) is 1. The summed E-state index contributed by atoms with van der Waals surface area (Å²) in [4.78, 5) is 16.7. The highest BCUT2D eigenvalue weighted by molar-refractivity contribution is 5.96. The van der Waals surface area contributed by atoms with Gasteiger partial charge in [0.15, 0.2) is 0 Å². The van der Waals surface area contributed by atoms with Crippen molar-refractivity contribution in [1.29, 1.82) is 0 Å². The molecule has 0 spiro atoms. The van der Waals surface area contributed by atoms with Crippen LogP contribution in [-0.2, 0) is 0 Å². The molecule has 0 unspecified atom stereocenters. The number of para-hydroxylation sites is 2. The molecule has 21 heavy (non-hydrogen) atoms. The molecule has 1 saturated heterocycles. The van der Waals surface area contributed by atoms with E-state index in [1.165, 1.54) is 0 Å². The Morgan fingerprint density at radius 2 is 2.14 bits per heavy atom. The van der Waals surface area contributed by atoms with E-state index in [4.69, 9.17) is 0 Å². The van der Waals surface area contributed by atoms with Gasteiger partial charge in [-0.3, -0.25) is 9.80 Å². The summed E-state index contributed by atoms with van der Waals surface area (Å²) >= 11 is 0. The Morgan fingerprint density at radius 3 is 2.90 bits per heavy atom. The van der Waals surface area contributed by atoms with Crippen LogP contribution in [0.5, 0.6) is 0 Å². The first kappa shape index (κ1) is 14.2. The van der Waals surface area contributed by atoms with Crippen LogP contribution in [0.1, 0.15) is 13.8 Å². The Kier molecular flexibility index (Phi) is 4.01. The molecule has 5 heteroatoms. The maximum absolute atomic E-state index is 12.5. The Balaban J connectivity index is 1.56. The van der Waals surface area contributed by atoms with Gasteiger partial charge < -0.3 is 10.6 Å². The van der Waals surface area contributed by atoms with Gasteiger partial charge in [0.1, 0.15) is 0 Å². The van der Waals surface area contributed by atoms with Crippen molar-refractivity contribution in [3.05, 3.63) is 24.3 Å². The number of amides is 2. The average Bonchev–Trinajstić information content (AvgIpc) is 2.43. The number of hydrogen-bond acceptors (Lipinski definition) is 3. The van der Waals surface area contributed by atoms with Gasteiger partial charge in [0, 0.05) is 32.7 Å². The van der Waals surface area contributed by atoms with Gasteiger partial charge in [-0.2, -0.15) is 0 Å². The van der Waals surface area contributed by atoms with Crippen molar-refractivity contribution in [2.75, 3.05) is 42.9 Å². The first-order chi connectivity index (χ1) is 10.1. The monoisotopic (exact) mass is 288 g/mol. The number of nitrogens with one attached hydrogen (secondary N) is 2. The third-order valence-electron chi connectivity index (χ3n) is 4.00. The van der Waals surface area contributed by atoms with Crippen LogP contribution in [0, 0.1) is 5.92 Å². The van der Waals surface area contributed by atoms with Crippen LogP contribution in [-0.4, -0.2) is 49.7 Å². The highest BCUT2D eigenvalue weighted by Crippen LogP contribution is 2.28. The smallest absolute Gasteiger partial charge is 0.322 e. The highest BCUT2D eigenvalue weighted by Gasteiger charge is 2.30. The zero-order valence-corrected chi connectivity index (χ0v) is 12.8. The van der Waals surface area contributed by atoms with Gasteiger partial charge in [0.05, 0.1) is 17.4 Å². The summed E-state index contributed by atoms with van der Waals surface area (Å²) in [6.45, 7) is 9.02. The lowest BCUT2D eigenvalue weighted by molar-refractivity contribution is 0.116. The lowest BCUT2D eigenvalue weighted by Crippen LogP contribution is -2.62. The van der Waals surface area contributed by atoms with E-state index in [0.29, 0.717) is 18.5 Å². The number of carbonyl (C=O) groups excluding carboxylic acids is 1. The minimum Gasteiger partial charge on any atom is -0.382 e. The van der Waals surface area contributed by atoms with Crippen LogP contribution < -0.4 is 15.5 Å². The zero-order valence-electron chi connectivity index (χ0n) is 12.8. The molecule has 1 aromatic carbocycles. The number of carbonyl (C=O) groups is 1. The average molecular weight is 288 g/mol. The van der Waals surface area contributed by atoms with Crippen molar-refractivity contribution in [3.63, 3.8) is 0 Å². The van der Waals surface area contributed by atoms with Crippen LogP contribution in [0.2, 0.25) is 0 Å². The molecule has 3 rings (SSSR count). The summed E-state index contributed by atoms with van der Waals surface area (Å²) in [5.74, 6) is 0.682. The van der Waals surface area contributed by atoms with Gasteiger partial charge in [-0.05, 0) is 18.1 Å². The fourth-order valence-corrected chi connectivity index (χ4v) is 3.07. The first-order valence-electron chi connectivity index (χ1n) is 7.77. The summed E-state index contributed by atoms with van der Waals surface area (Å²) in [6, 6.07) is 8.29. The molecule has 2 heterocycles. The molecule has 0 bridgehead atoms. The summed E-state index contributed by atoms with van der Waals surface area (Å²) < 4.78 is 0. The molecular formula is C16H24N4O. The number of fused-ring (bicyclic) bond motifs is 1. The fourth-order valence-electron chi connectivity index (χ4n) is 3.07. The molecule has 0 saturated carbocycles. The van der Waals surface area contributed by atoms with E-state index in [1.54, 1.807) is 0 Å². The highest BCUT2D eigenvalue weighted by atomic mass is 16.2. The second-order valence-corrected chi connectivity index (χ2v) is 6.35. The minimum absolute atomic E-state index is 0.0261.